The Morgan fingerprint density at radius 1 is 1.00 bits per heavy atom. The lowest BCUT2D eigenvalue weighted by atomic mass is 10.1. The van der Waals surface area contributed by atoms with Gasteiger partial charge in [-0.2, -0.15) is 0 Å². The normalized spacial score (nSPS) is 10.0. The first-order chi connectivity index (χ1) is 10.5. The maximum atomic E-state index is 11.7. The third-order valence-corrected chi connectivity index (χ3v) is 3.18. The highest BCUT2D eigenvalue weighted by Gasteiger charge is 2.05. The lowest BCUT2D eigenvalue weighted by Gasteiger charge is -2.05. The summed E-state index contributed by atoms with van der Waals surface area (Å²) in [7, 11) is 1.37. The molecule has 1 aromatic carbocycles. The number of hydrogen-bond acceptors (Lipinski definition) is 4. The van der Waals surface area contributed by atoms with Crippen LogP contribution in [0.1, 0.15) is 48.9 Å². The third kappa shape index (κ3) is 6.88. The van der Waals surface area contributed by atoms with Crippen molar-refractivity contribution in [3.63, 3.8) is 0 Å². The molecule has 1 rings (SSSR count). The van der Waals surface area contributed by atoms with Crippen molar-refractivity contribution in [1.82, 2.24) is 0 Å². The Morgan fingerprint density at radius 2 is 1.59 bits per heavy atom. The minimum absolute atomic E-state index is 0.101. The Hall–Kier alpha value is -2.37. The van der Waals surface area contributed by atoms with E-state index < -0.39 is 5.97 Å². The molecule has 0 heterocycles. The number of anilines is 1. The van der Waals surface area contributed by atoms with Crippen LogP contribution in [0.25, 0.3) is 0 Å². The Morgan fingerprint density at radius 3 is 2.14 bits per heavy atom. The van der Waals surface area contributed by atoms with Crippen molar-refractivity contribution < 1.29 is 24.2 Å². The van der Waals surface area contributed by atoms with Gasteiger partial charge >= 0.3 is 11.9 Å². The number of aromatic carboxylic acids is 1. The minimum atomic E-state index is -0.996. The molecular formula is C16H21NO5. The quantitative estimate of drug-likeness (QED) is 0.540. The molecular weight excluding hydrogens is 286 g/mol. The molecule has 0 saturated heterocycles. The van der Waals surface area contributed by atoms with E-state index in [2.05, 4.69) is 10.1 Å². The number of esters is 1. The second-order valence-electron chi connectivity index (χ2n) is 4.92. The van der Waals surface area contributed by atoms with Crippen LogP contribution in [-0.4, -0.2) is 30.1 Å². The molecule has 1 amide bonds. The molecule has 0 spiro atoms. The van der Waals surface area contributed by atoms with Gasteiger partial charge < -0.3 is 15.2 Å². The van der Waals surface area contributed by atoms with Crippen molar-refractivity contribution in [2.24, 2.45) is 0 Å². The number of benzene rings is 1. The number of carboxylic acids is 1. The molecule has 1 aromatic rings. The van der Waals surface area contributed by atoms with E-state index >= 15 is 0 Å². The van der Waals surface area contributed by atoms with Gasteiger partial charge in [0.15, 0.2) is 0 Å². The number of ether oxygens (including phenoxy) is 1. The van der Waals surface area contributed by atoms with Crippen LogP contribution in [0.5, 0.6) is 0 Å². The molecule has 0 saturated carbocycles. The van der Waals surface area contributed by atoms with Crippen molar-refractivity contribution in [3.8, 4) is 0 Å². The van der Waals surface area contributed by atoms with Gasteiger partial charge in [0.2, 0.25) is 5.91 Å². The van der Waals surface area contributed by atoms with Gasteiger partial charge in [0.1, 0.15) is 0 Å². The van der Waals surface area contributed by atoms with Crippen LogP contribution in [0.3, 0.4) is 0 Å². The fourth-order valence-corrected chi connectivity index (χ4v) is 1.93. The van der Waals surface area contributed by atoms with Crippen molar-refractivity contribution >= 4 is 23.5 Å². The number of carboxylic acid groups (broad SMARTS) is 1. The molecule has 0 aliphatic heterocycles. The van der Waals surface area contributed by atoms with Crippen LogP contribution in [0.4, 0.5) is 5.69 Å². The van der Waals surface area contributed by atoms with E-state index in [4.69, 9.17) is 5.11 Å². The van der Waals surface area contributed by atoms with E-state index in [0.29, 0.717) is 18.5 Å². The monoisotopic (exact) mass is 307 g/mol. The van der Waals surface area contributed by atoms with Crippen LogP contribution >= 0.6 is 0 Å². The van der Waals surface area contributed by atoms with E-state index in [1.807, 2.05) is 0 Å². The Labute approximate surface area is 129 Å². The summed E-state index contributed by atoms with van der Waals surface area (Å²) in [6, 6.07) is 6.03. The first-order valence-corrected chi connectivity index (χ1v) is 7.23. The second-order valence-corrected chi connectivity index (χ2v) is 4.92. The van der Waals surface area contributed by atoms with E-state index in [1.165, 1.54) is 19.2 Å². The summed E-state index contributed by atoms with van der Waals surface area (Å²) in [5.74, 6) is -1.30. The average molecular weight is 307 g/mol. The van der Waals surface area contributed by atoms with E-state index in [-0.39, 0.29) is 17.4 Å². The SMILES string of the molecule is COC(=O)CCCCCCC(=O)Nc1ccc(C(=O)O)cc1. The summed E-state index contributed by atoms with van der Waals surface area (Å²) in [4.78, 5) is 33.3. The fraction of sp³-hybridized carbons (Fsp3) is 0.438. The zero-order valence-electron chi connectivity index (χ0n) is 12.6. The van der Waals surface area contributed by atoms with Crippen LogP contribution < -0.4 is 5.32 Å². The zero-order valence-corrected chi connectivity index (χ0v) is 12.6. The van der Waals surface area contributed by atoms with Crippen molar-refractivity contribution in [2.45, 2.75) is 38.5 Å². The molecule has 0 aliphatic rings. The van der Waals surface area contributed by atoms with Crippen LogP contribution in [0.2, 0.25) is 0 Å². The molecule has 22 heavy (non-hydrogen) atoms. The predicted octanol–water partition coefficient (Wildman–Crippen LogP) is 2.84. The Kier molecular flexibility index (Phi) is 7.67. The number of nitrogens with one attached hydrogen (secondary N) is 1. The van der Waals surface area contributed by atoms with Crippen LogP contribution in [0.15, 0.2) is 24.3 Å². The highest BCUT2D eigenvalue weighted by atomic mass is 16.5. The molecule has 0 atom stereocenters. The lowest BCUT2D eigenvalue weighted by molar-refractivity contribution is -0.140. The highest BCUT2D eigenvalue weighted by Crippen LogP contribution is 2.11. The summed E-state index contributed by atoms with van der Waals surface area (Å²) >= 11 is 0. The van der Waals surface area contributed by atoms with E-state index in [9.17, 15) is 14.4 Å². The number of carbonyl (C=O) groups is 3. The number of rotatable bonds is 9. The smallest absolute Gasteiger partial charge is 0.335 e. The maximum absolute atomic E-state index is 11.7. The summed E-state index contributed by atoms with van der Waals surface area (Å²) in [5, 5.41) is 11.5. The van der Waals surface area contributed by atoms with Gasteiger partial charge in [-0.3, -0.25) is 9.59 Å². The Balaban J connectivity index is 2.18. The maximum Gasteiger partial charge on any atom is 0.335 e. The van der Waals surface area contributed by atoms with Gasteiger partial charge in [0.25, 0.3) is 0 Å². The first-order valence-electron chi connectivity index (χ1n) is 7.23. The standard InChI is InChI=1S/C16H21NO5/c1-22-15(19)7-5-3-2-4-6-14(18)17-13-10-8-12(9-11-13)16(20)21/h8-11H,2-7H2,1H3,(H,17,18)(H,20,21). The number of carbonyl (C=O) groups excluding carboxylic acids is 2. The highest BCUT2D eigenvalue weighted by molar-refractivity contribution is 5.92. The molecule has 2 N–H and O–H groups in total. The first kappa shape index (κ1) is 17.7. The van der Waals surface area contributed by atoms with Gasteiger partial charge in [0, 0.05) is 18.5 Å². The number of amides is 1. The molecule has 6 heteroatoms. The Bertz CT molecular complexity index is 510. The summed E-state index contributed by atoms with van der Waals surface area (Å²) in [6.07, 6.45) is 4.10. The molecule has 0 bridgehead atoms. The molecule has 0 unspecified atom stereocenters. The van der Waals surface area contributed by atoms with Crippen molar-refractivity contribution in [3.05, 3.63) is 29.8 Å². The summed E-state index contributed by atoms with van der Waals surface area (Å²) < 4.78 is 4.54. The van der Waals surface area contributed by atoms with Crippen molar-refractivity contribution in [2.75, 3.05) is 12.4 Å². The fourth-order valence-electron chi connectivity index (χ4n) is 1.93. The van der Waals surface area contributed by atoms with Crippen LogP contribution in [-0.2, 0) is 14.3 Å². The summed E-state index contributed by atoms with van der Waals surface area (Å²) in [5.41, 5.74) is 0.768. The molecule has 0 radical (unpaired) electrons. The summed E-state index contributed by atoms with van der Waals surface area (Å²) in [6.45, 7) is 0. The van der Waals surface area contributed by atoms with Gasteiger partial charge in [-0.15, -0.1) is 0 Å². The van der Waals surface area contributed by atoms with E-state index in [1.54, 1.807) is 12.1 Å². The number of methoxy groups -OCH3 is 1. The molecule has 120 valence electrons. The van der Waals surface area contributed by atoms with E-state index in [0.717, 1.165) is 25.7 Å². The molecule has 0 aliphatic carbocycles. The second kappa shape index (κ2) is 9.55. The van der Waals surface area contributed by atoms with Crippen molar-refractivity contribution in [1.29, 1.82) is 0 Å². The molecule has 0 aromatic heterocycles. The zero-order chi connectivity index (χ0) is 16.4. The van der Waals surface area contributed by atoms with Crippen LogP contribution in [0, 0.1) is 0 Å². The van der Waals surface area contributed by atoms with Gasteiger partial charge in [-0.05, 0) is 37.1 Å². The number of hydrogen-bond donors (Lipinski definition) is 2. The number of unbranched alkanes of at least 4 members (excludes halogenated alkanes) is 3. The largest absolute Gasteiger partial charge is 0.478 e. The van der Waals surface area contributed by atoms with Gasteiger partial charge in [-0.25, -0.2) is 4.79 Å². The molecule has 0 fully saturated rings. The third-order valence-electron chi connectivity index (χ3n) is 3.18. The van der Waals surface area contributed by atoms with Gasteiger partial charge in [-0.1, -0.05) is 12.8 Å². The van der Waals surface area contributed by atoms with Gasteiger partial charge in [0.05, 0.1) is 12.7 Å². The average Bonchev–Trinajstić information content (AvgIpc) is 2.50. The predicted molar refractivity (Wildman–Crippen MR) is 81.7 cm³/mol. The minimum Gasteiger partial charge on any atom is -0.478 e. The topological polar surface area (TPSA) is 92.7 Å². The lowest BCUT2D eigenvalue weighted by Crippen LogP contribution is -2.11. The molecule has 6 nitrogen and oxygen atoms in total.